The molecule has 0 N–H and O–H groups in total. The Hall–Kier alpha value is -1.06. The van der Waals surface area contributed by atoms with Gasteiger partial charge in [0.2, 0.25) is 0 Å². The van der Waals surface area contributed by atoms with Gasteiger partial charge in [-0.05, 0) is 0 Å². The summed E-state index contributed by atoms with van der Waals surface area (Å²) in [4.78, 5) is 0. The third-order valence-electron chi connectivity index (χ3n) is 1.33. The maximum absolute atomic E-state index is 3.85. The van der Waals surface area contributed by atoms with Gasteiger partial charge in [0, 0.05) is 0 Å². The normalized spacial score (nSPS) is 15.7. The average molecular weight is 225 g/mol. The van der Waals surface area contributed by atoms with E-state index in [0.29, 0.717) is 0 Å². The summed E-state index contributed by atoms with van der Waals surface area (Å²) in [6.45, 7) is 0. The van der Waals surface area contributed by atoms with Crippen LogP contribution in [0.2, 0.25) is 0 Å². The summed E-state index contributed by atoms with van der Waals surface area (Å²) in [6, 6.07) is 10.2. The summed E-state index contributed by atoms with van der Waals surface area (Å²) in [5.41, 5.74) is 0. The van der Waals surface area contributed by atoms with Gasteiger partial charge in [-0.2, -0.15) is 0 Å². The number of nitrogens with zero attached hydrogens (tertiary/aromatic N) is 4. The van der Waals surface area contributed by atoms with E-state index in [9.17, 15) is 0 Å². The Balaban J connectivity index is 2.04. The Bertz CT molecular complexity index is 296. The molecule has 0 bridgehead atoms. The van der Waals surface area contributed by atoms with Crippen molar-refractivity contribution in [1.29, 1.82) is 0 Å². The van der Waals surface area contributed by atoms with Crippen molar-refractivity contribution in [1.82, 2.24) is 0 Å². The fraction of sp³-hybridized carbons (Fsp3) is 0.143. The van der Waals surface area contributed by atoms with Crippen LogP contribution in [0.4, 0.5) is 0 Å². The predicted molar refractivity (Wildman–Crippen MR) is 45.3 cm³/mol. The molecule has 2 rings (SSSR count). The van der Waals surface area contributed by atoms with E-state index in [2.05, 4.69) is 32.8 Å². The molecule has 0 saturated carbocycles. The third kappa shape index (κ3) is 1.75. The van der Waals surface area contributed by atoms with Crippen LogP contribution in [-0.2, 0) is 0 Å². The van der Waals surface area contributed by atoms with Crippen molar-refractivity contribution in [3.05, 3.63) is 30.3 Å². The minimum absolute atomic E-state index is 0.0418. The molecule has 1 aliphatic heterocycles. The predicted octanol–water partition coefficient (Wildman–Crippen LogP) is 1.13. The van der Waals surface area contributed by atoms with E-state index in [0.717, 1.165) is 0 Å². The van der Waals surface area contributed by atoms with Gasteiger partial charge in [-0.3, -0.25) is 0 Å². The first-order valence-corrected chi connectivity index (χ1v) is 5.31. The van der Waals surface area contributed by atoms with Crippen molar-refractivity contribution < 1.29 is 0 Å². The van der Waals surface area contributed by atoms with Gasteiger partial charge in [-0.1, -0.05) is 0 Å². The summed E-state index contributed by atoms with van der Waals surface area (Å²) >= 11 is 0.227. The van der Waals surface area contributed by atoms with E-state index in [4.69, 9.17) is 0 Å². The van der Waals surface area contributed by atoms with Gasteiger partial charge in [0.15, 0.2) is 0 Å². The van der Waals surface area contributed by atoms with Gasteiger partial charge in [-0.25, -0.2) is 0 Å². The van der Waals surface area contributed by atoms with Crippen LogP contribution in [0.25, 0.3) is 0 Å². The van der Waals surface area contributed by atoms with Crippen molar-refractivity contribution in [2.24, 2.45) is 20.7 Å². The first-order chi connectivity index (χ1) is 5.95. The van der Waals surface area contributed by atoms with Crippen molar-refractivity contribution in [3.8, 4) is 0 Å². The van der Waals surface area contributed by atoms with Crippen LogP contribution in [0.15, 0.2) is 51.0 Å². The Kier molecular flexibility index (Phi) is 2.25. The second-order valence-electron chi connectivity index (χ2n) is 2.17. The topological polar surface area (TPSA) is 49.4 Å². The molecule has 0 radical (unpaired) electrons. The maximum atomic E-state index is 3.85. The molecule has 0 saturated heterocycles. The van der Waals surface area contributed by atoms with Gasteiger partial charge in [-0.15, -0.1) is 0 Å². The van der Waals surface area contributed by atoms with Crippen molar-refractivity contribution >= 4 is 19.4 Å². The Morgan fingerprint density at radius 2 is 1.67 bits per heavy atom. The monoisotopic (exact) mass is 226 g/mol. The summed E-state index contributed by atoms with van der Waals surface area (Å²) < 4.78 is 1.27. The van der Waals surface area contributed by atoms with Crippen LogP contribution in [0, 0.1) is 0 Å². The zero-order chi connectivity index (χ0) is 8.23. The average Bonchev–Trinajstić information content (AvgIpc) is 2.59. The van der Waals surface area contributed by atoms with E-state index in [-0.39, 0.29) is 20.0 Å². The second kappa shape index (κ2) is 3.56. The molecule has 1 aliphatic rings. The molecule has 0 amide bonds. The Morgan fingerprint density at radius 1 is 1.00 bits per heavy atom. The van der Waals surface area contributed by atoms with Gasteiger partial charge in [0.1, 0.15) is 0 Å². The summed E-state index contributed by atoms with van der Waals surface area (Å²) in [5, 5.41) is 14.6. The summed E-state index contributed by atoms with van der Waals surface area (Å²) in [5.74, 6) is 0. The van der Waals surface area contributed by atoms with Gasteiger partial charge >= 0.3 is 75.5 Å². The van der Waals surface area contributed by atoms with E-state index in [1.54, 1.807) is 0 Å². The van der Waals surface area contributed by atoms with E-state index in [1.165, 1.54) is 4.46 Å². The first kappa shape index (κ1) is 7.58. The van der Waals surface area contributed by atoms with Crippen LogP contribution in [-0.4, -0.2) is 20.0 Å². The molecule has 0 aliphatic carbocycles. The number of hydrogen-bond donors (Lipinski definition) is 0. The second-order valence-corrected chi connectivity index (χ2v) is 4.54. The molecule has 0 atom stereocenters. The van der Waals surface area contributed by atoms with Gasteiger partial charge in [0.05, 0.1) is 0 Å². The van der Waals surface area contributed by atoms with Crippen LogP contribution in [0.3, 0.4) is 0 Å². The fourth-order valence-electron chi connectivity index (χ4n) is 0.826. The zero-order valence-electron chi connectivity index (χ0n) is 6.16. The van der Waals surface area contributed by atoms with Crippen molar-refractivity contribution in [3.63, 3.8) is 0 Å². The van der Waals surface area contributed by atoms with Crippen LogP contribution >= 0.6 is 0 Å². The molecule has 1 heterocycles. The Morgan fingerprint density at radius 3 is 2.33 bits per heavy atom. The number of hydrogen-bond acceptors (Lipinski definition) is 4. The number of benzene rings is 1. The molecule has 1 aromatic rings. The van der Waals surface area contributed by atoms with E-state index in [1.807, 2.05) is 18.2 Å². The van der Waals surface area contributed by atoms with Crippen molar-refractivity contribution in [2.75, 3.05) is 0 Å². The fourth-order valence-corrected chi connectivity index (χ4v) is 2.37. The molecule has 0 fully saturated rings. The molecule has 0 spiro atoms. The first-order valence-electron chi connectivity index (χ1n) is 3.47. The van der Waals surface area contributed by atoms with Crippen LogP contribution in [0.1, 0.15) is 0 Å². The zero-order valence-corrected chi connectivity index (χ0v) is 7.87. The van der Waals surface area contributed by atoms with E-state index < -0.39 is 0 Å². The third-order valence-corrected chi connectivity index (χ3v) is 3.31. The van der Waals surface area contributed by atoms with Crippen LogP contribution in [0.5, 0.6) is 0 Å². The Labute approximate surface area is 75.9 Å². The summed E-state index contributed by atoms with van der Waals surface area (Å²) in [7, 11) is 0. The van der Waals surface area contributed by atoms with Gasteiger partial charge < -0.3 is 0 Å². The van der Waals surface area contributed by atoms with Crippen LogP contribution < -0.4 is 4.46 Å². The molecular formula is C7H6N4Se. The SMILES string of the molecule is c1ccc([Se]C2N=NN=N2)cc1. The molecule has 0 aromatic heterocycles. The van der Waals surface area contributed by atoms with E-state index >= 15 is 0 Å². The standard InChI is InChI=1S/C7H6N4Se/c1-2-4-6(5-3-1)12-7-8-10-11-9-7/h1-5,7H. The summed E-state index contributed by atoms with van der Waals surface area (Å²) in [6.07, 6.45) is 0. The molecule has 4 nitrogen and oxygen atoms in total. The quantitative estimate of drug-likeness (QED) is 0.677. The molecule has 60 valence electrons. The molecule has 0 unspecified atom stereocenters. The minimum atomic E-state index is -0.0418. The molecule has 12 heavy (non-hydrogen) atoms. The number of rotatable bonds is 2. The molecule has 1 aromatic carbocycles. The molecule has 5 heteroatoms. The van der Waals surface area contributed by atoms with Gasteiger partial charge in [0.25, 0.3) is 0 Å². The molecular weight excluding hydrogens is 219 g/mol. The van der Waals surface area contributed by atoms with Crippen molar-refractivity contribution in [2.45, 2.75) is 5.06 Å².